The first-order chi connectivity index (χ1) is 10.5. The highest BCUT2D eigenvalue weighted by Crippen LogP contribution is 2.28. The molecule has 0 saturated carbocycles. The molecule has 1 aliphatic heterocycles. The molecule has 0 unspecified atom stereocenters. The van der Waals surface area contributed by atoms with Crippen LogP contribution in [0, 0.1) is 6.92 Å². The number of aromatic nitrogens is 3. The quantitative estimate of drug-likeness (QED) is 0.813. The Morgan fingerprint density at radius 2 is 2.27 bits per heavy atom. The van der Waals surface area contributed by atoms with E-state index in [0.717, 1.165) is 42.3 Å². The number of rotatable bonds is 3. The Labute approximate surface area is 143 Å². The second-order valence-corrected chi connectivity index (χ2v) is 6.81. The van der Waals surface area contributed by atoms with Crippen LogP contribution in [0.15, 0.2) is 22.7 Å². The number of benzene rings is 1. The fourth-order valence-corrected chi connectivity index (χ4v) is 3.24. The maximum absolute atomic E-state index is 6.29. The van der Waals surface area contributed by atoms with E-state index in [1.807, 2.05) is 29.8 Å². The summed E-state index contributed by atoms with van der Waals surface area (Å²) in [6.07, 6.45) is 0. The van der Waals surface area contributed by atoms with Crippen LogP contribution in [-0.2, 0) is 11.4 Å². The van der Waals surface area contributed by atoms with E-state index in [1.54, 1.807) is 0 Å². The van der Waals surface area contributed by atoms with Crippen molar-refractivity contribution in [1.82, 2.24) is 19.7 Å². The van der Waals surface area contributed by atoms with Crippen LogP contribution in [0.2, 0.25) is 5.02 Å². The van der Waals surface area contributed by atoms with Gasteiger partial charge in [-0.25, -0.2) is 9.67 Å². The lowest BCUT2D eigenvalue weighted by molar-refractivity contribution is -0.0176. The first kappa shape index (κ1) is 15.9. The van der Waals surface area contributed by atoms with Crippen LogP contribution in [0.3, 0.4) is 0 Å². The summed E-state index contributed by atoms with van der Waals surface area (Å²) < 4.78 is 8.34. The molecule has 2 aromatic rings. The van der Waals surface area contributed by atoms with E-state index in [1.165, 1.54) is 0 Å². The largest absolute Gasteiger partial charge is 0.379 e. The van der Waals surface area contributed by atoms with E-state index < -0.39 is 0 Å². The third-order valence-electron chi connectivity index (χ3n) is 3.85. The van der Waals surface area contributed by atoms with Gasteiger partial charge in [-0.1, -0.05) is 27.5 Å². The number of halogens is 2. The van der Waals surface area contributed by atoms with Gasteiger partial charge in [-0.3, -0.25) is 4.90 Å². The van der Waals surface area contributed by atoms with Gasteiger partial charge in [0.1, 0.15) is 5.82 Å². The van der Waals surface area contributed by atoms with Gasteiger partial charge in [0.05, 0.1) is 24.9 Å². The third kappa shape index (κ3) is 3.35. The van der Waals surface area contributed by atoms with Crippen molar-refractivity contribution in [3.63, 3.8) is 0 Å². The molecular formula is C15H18BrClN4O. The number of hydrogen-bond acceptors (Lipinski definition) is 4. The summed E-state index contributed by atoms with van der Waals surface area (Å²) >= 11 is 9.71. The molecule has 1 aromatic heterocycles. The molecule has 22 heavy (non-hydrogen) atoms. The fourth-order valence-electron chi connectivity index (χ4n) is 2.48. The normalized spacial score (nSPS) is 19.5. The lowest BCUT2D eigenvalue weighted by atomic mass is 10.2. The molecule has 5 nitrogen and oxygen atoms in total. The standard InChI is InChI=1S/C15H18BrClN4O/c1-10-8-22-6-5-20(10)9-21-11(2)18-15(19-21)13-4-3-12(16)7-14(13)17/h3-4,7,10H,5-6,8-9H2,1-2H3/t10-/m1/s1. The molecule has 0 radical (unpaired) electrons. The highest BCUT2D eigenvalue weighted by molar-refractivity contribution is 9.10. The summed E-state index contributed by atoms with van der Waals surface area (Å²) in [7, 11) is 0. The summed E-state index contributed by atoms with van der Waals surface area (Å²) in [5.41, 5.74) is 0.849. The van der Waals surface area contributed by atoms with Gasteiger partial charge in [0, 0.05) is 22.6 Å². The van der Waals surface area contributed by atoms with Crippen molar-refractivity contribution in [3.8, 4) is 11.4 Å². The van der Waals surface area contributed by atoms with E-state index in [0.29, 0.717) is 16.9 Å². The van der Waals surface area contributed by atoms with E-state index in [-0.39, 0.29) is 0 Å². The van der Waals surface area contributed by atoms with Gasteiger partial charge in [0.15, 0.2) is 5.82 Å². The van der Waals surface area contributed by atoms with E-state index in [9.17, 15) is 0 Å². The van der Waals surface area contributed by atoms with Crippen molar-refractivity contribution < 1.29 is 4.74 Å². The molecule has 1 aromatic carbocycles. The van der Waals surface area contributed by atoms with Gasteiger partial charge in [-0.05, 0) is 32.0 Å². The summed E-state index contributed by atoms with van der Waals surface area (Å²) in [4.78, 5) is 6.90. The Morgan fingerprint density at radius 3 is 3.00 bits per heavy atom. The van der Waals surface area contributed by atoms with Crippen LogP contribution in [0.25, 0.3) is 11.4 Å². The average molecular weight is 386 g/mol. The Morgan fingerprint density at radius 1 is 1.45 bits per heavy atom. The maximum atomic E-state index is 6.29. The van der Waals surface area contributed by atoms with Gasteiger partial charge >= 0.3 is 0 Å². The minimum atomic E-state index is 0.386. The molecule has 1 aliphatic rings. The van der Waals surface area contributed by atoms with Gasteiger partial charge < -0.3 is 4.74 Å². The Hall–Kier alpha value is -0.950. The summed E-state index contributed by atoms with van der Waals surface area (Å²) in [6.45, 7) is 7.29. The third-order valence-corrected chi connectivity index (χ3v) is 4.66. The van der Waals surface area contributed by atoms with Crippen LogP contribution in [0.4, 0.5) is 0 Å². The monoisotopic (exact) mass is 384 g/mol. The fraction of sp³-hybridized carbons (Fsp3) is 0.467. The van der Waals surface area contributed by atoms with Crippen LogP contribution >= 0.6 is 27.5 Å². The van der Waals surface area contributed by atoms with Gasteiger partial charge in [0.25, 0.3) is 0 Å². The van der Waals surface area contributed by atoms with Crippen molar-refractivity contribution in [2.75, 3.05) is 19.8 Å². The summed E-state index contributed by atoms with van der Waals surface area (Å²) in [6, 6.07) is 6.12. The number of nitrogens with zero attached hydrogens (tertiary/aromatic N) is 4. The molecule has 3 rings (SSSR count). The maximum Gasteiger partial charge on any atom is 0.182 e. The van der Waals surface area contributed by atoms with Crippen LogP contribution in [0.1, 0.15) is 12.7 Å². The van der Waals surface area contributed by atoms with Crippen molar-refractivity contribution in [1.29, 1.82) is 0 Å². The molecular weight excluding hydrogens is 368 g/mol. The molecule has 0 bridgehead atoms. The number of hydrogen-bond donors (Lipinski definition) is 0. The first-order valence-corrected chi connectivity index (χ1v) is 8.40. The van der Waals surface area contributed by atoms with Crippen molar-refractivity contribution in [3.05, 3.63) is 33.5 Å². The van der Waals surface area contributed by atoms with Crippen molar-refractivity contribution in [2.24, 2.45) is 0 Å². The zero-order chi connectivity index (χ0) is 15.7. The summed E-state index contributed by atoms with van der Waals surface area (Å²) in [5.74, 6) is 1.54. The van der Waals surface area contributed by atoms with E-state index in [2.05, 4.69) is 37.8 Å². The summed E-state index contributed by atoms with van der Waals surface area (Å²) in [5, 5.41) is 5.27. The van der Waals surface area contributed by atoms with Crippen LogP contribution in [-0.4, -0.2) is 45.5 Å². The first-order valence-electron chi connectivity index (χ1n) is 7.23. The topological polar surface area (TPSA) is 43.2 Å². The number of aryl methyl sites for hydroxylation is 1. The molecule has 0 spiro atoms. The van der Waals surface area contributed by atoms with Crippen LogP contribution in [0.5, 0.6) is 0 Å². The minimum Gasteiger partial charge on any atom is -0.379 e. The highest BCUT2D eigenvalue weighted by atomic mass is 79.9. The Balaban J connectivity index is 1.84. The Bertz CT molecular complexity index is 676. The second kappa shape index (κ2) is 6.66. The Kier molecular flexibility index (Phi) is 4.82. The molecule has 7 heteroatoms. The number of ether oxygens (including phenoxy) is 1. The molecule has 1 saturated heterocycles. The SMILES string of the molecule is Cc1nc(-c2ccc(Br)cc2Cl)nn1CN1CCOC[C@H]1C. The molecule has 0 N–H and O–H groups in total. The molecule has 2 heterocycles. The zero-order valence-electron chi connectivity index (χ0n) is 12.6. The van der Waals surface area contributed by atoms with Gasteiger partial charge in [0.2, 0.25) is 0 Å². The average Bonchev–Trinajstić information content (AvgIpc) is 2.82. The van der Waals surface area contributed by atoms with Gasteiger partial charge in [-0.15, -0.1) is 5.10 Å². The molecule has 1 atom stereocenters. The molecule has 118 valence electrons. The highest BCUT2D eigenvalue weighted by Gasteiger charge is 2.20. The smallest absolute Gasteiger partial charge is 0.182 e. The minimum absolute atomic E-state index is 0.386. The van der Waals surface area contributed by atoms with E-state index >= 15 is 0 Å². The predicted octanol–water partition coefficient (Wildman–Crippen LogP) is 3.35. The van der Waals surface area contributed by atoms with Crippen LogP contribution < -0.4 is 0 Å². The lowest BCUT2D eigenvalue weighted by Crippen LogP contribution is -2.44. The second-order valence-electron chi connectivity index (χ2n) is 5.48. The molecule has 0 aliphatic carbocycles. The van der Waals surface area contributed by atoms with Gasteiger partial charge in [-0.2, -0.15) is 0 Å². The van der Waals surface area contributed by atoms with E-state index in [4.69, 9.17) is 16.3 Å². The number of morpholine rings is 1. The zero-order valence-corrected chi connectivity index (χ0v) is 14.9. The molecule has 0 amide bonds. The lowest BCUT2D eigenvalue weighted by Gasteiger charge is -2.32. The molecule has 1 fully saturated rings. The predicted molar refractivity (Wildman–Crippen MR) is 89.9 cm³/mol. The van der Waals surface area contributed by atoms with Crippen molar-refractivity contribution in [2.45, 2.75) is 26.6 Å². The van der Waals surface area contributed by atoms with Crippen molar-refractivity contribution >= 4 is 27.5 Å².